The van der Waals surface area contributed by atoms with E-state index in [0.29, 0.717) is 12.5 Å². The van der Waals surface area contributed by atoms with E-state index in [-0.39, 0.29) is 5.75 Å². The van der Waals surface area contributed by atoms with Gasteiger partial charge in [-0.05, 0) is 31.2 Å². The highest BCUT2D eigenvalue weighted by Gasteiger charge is 2.05. The maximum Gasteiger partial charge on any atom is 0.387 e. The second-order valence-electron chi connectivity index (χ2n) is 5.53. The number of alkyl halides is 2. The summed E-state index contributed by atoms with van der Waals surface area (Å²) < 4.78 is 33.9. The summed E-state index contributed by atoms with van der Waals surface area (Å²) in [7, 11) is 5.45. The van der Waals surface area contributed by atoms with E-state index in [4.69, 9.17) is 4.74 Å². The quantitative estimate of drug-likeness (QED) is 0.360. The number of halogens is 2. The van der Waals surface area contributed by atoms with Crippen molar-refractivity contribution in [3.63, 3.8) is 0 Å². The van der Waals surface area contributed by atoms with Gasteiger partial charge < -0.3 is 25.0 Å². The topological polar surface area (TPSA) is 58.1 Å². The molecule has 6 nitrogen and oxygen atoms in total. The van der Waals surface area contributed by atoms with Crippen LogP contribution < -0.4 is 15.4 Å². The minimum Gasteiger partial charge on any atom is -0.435 e. The zero-order valence-electron chi connectivity index (χ0n) is 15.1. The molecule has 0 aliphatic heterocycles. The Hall–Kier alpha value is -1.93. The van der Waals surface area contributed by atoms with Gasteiger partial charge in [0.1, 0.15) is 5.75 Å². The third-order valence-electron chi connectivity index (χ3n) is 3.48. The average Bonchev–Trinajstić information content (AvgIpc) is 2.58. The molecular weight excluding hydrogens is 330 g/mol. The number of likely N-dealkylation sites (N-methyl/N-ethyl adjacent to an activating group) is 1. The summed E-state index contributed by atoms with van der Waals surface area (Å²) >= 11 is 0. The van der Waals surface area contributed by atoms with Crippen molar-refractivity contribution in [1.29, 1.82) is 0 Å². The van der Waals surface area contributed by atoms with Crippen LogP contribution in [0.3, 0.4) is 0 Å². The fraction of sp³-hybridized carbons (Fsp3) is 0.588. The lowest BCUT2D eigenvalue weighted by atomic mass is 10.2. The van der Waals surface area contributed by atoms with E-state index >= 15 is 0 Å². The number of methoxy groups -OCH3 is 1. The van der Waals surface area contributed by atoms with Crippen LogP contribution >= 0.6 is 0 Å². The van der Waals surface area contributed by atoms with E-state index in [2.05, 4.69) is 32.3 Å². The fourth-order valence-corrected chi connectivity index (χ4v) is 2.19. The Morgan fingerprint density at radius 3 is 2.76 bits per heavy atom. The van der Waals surface area contributed by atoms with Gasteiger partial charge in [0.05, 0.1) is 0 Å². The minimum atomic E-state index is -2.82. The molecule has 1 rings (SSSR count). The van der Waals surface area contributed by atoms with Crippen LogP contribution in [0.4, 0.5) is 8.78 Å². The molecule has 0 spiro atoms. The average molecular weight is 358 g/mol. The molecule has 142 valence electrons. The van der Waals surface area contributed by atoms with Gasteiger partial charge in [-0.25, -0.2) is 0 Å². The Labute approximate surface area is 148 Å². The number of hydrogen-bond donors (Lipinski definition) is 2. The largest absolute Gasteiger partial charge is 0.435 e. The van der Waals surface area contributed by atoms with Crippen LogP contribution in [0.25, 0.3) is 0 Å². The molecule has 25 heavy (non-hydrogen) atoms. The number of hydrogen-bond acceptors (Lipinski definition) is 4. The van der Waals surface area contributed by atoms with E-state index in [1.807, 2.05) is 6.07 Å². The number of ether oxygens (including phenoxy) is 2. The van der Waals surface area contributed by atoms with Crippen LogP contribution in [0.5, 0.6) is 5.75 Å². The highest BCUT2D eigenvalue weighted by molar-refractivity contribution is 5.79. The summed E-state index contributed by atoms with van der Waals surface area (Å²) in [6.07, 6.45) is 0.997. The van der Waals surface area contributed by atoms with Crippen LogP contribution in [0.15, 0.2) is 29.3 Å². The van der Waals surface area contributed by atoms with Crippen molar-refractivity contribution in [2.24, 2.45) is 4.99 Å². The maximum atomic E-state index is 12.2. The fourth-order valence-electron chi connectivity index (χ4n) is 2.19. The molecule has 0 aliphatic rings. The van der Waals surface area contributed by atoms with Crippen molar-refractivity contribution in [2.75, 3.05) is 47.4 Å². The molecule has 0 atom stereocenters. The van der Waals surface area contributed by atoms with E-state index in [0.717, 1.165) is 38.2 Å². The molecule has 1 aromatic rings. The summed E-state index contributed by atoms with van der Waals surface area (Å²) in [5.41, 5.74) is 0.831. The predicted octanol–water partition coefficient (Wildman–Crippen LogP) is 1.92. The predicted molar refractivity (Wildman–Crippen MR) is 95.3 cm³/mol. The molecule has 8 heteroatoms. The molecule has 0 amide bonds. The van der Waals surface area contributed by atoms with Crippen LogP contribution in [-0.4, -0.2) is 64.9 Å². The molecule has 0 saturated carbocycles. The van der Waals surface area contributed by atoms with E-state index in [1.165, 1.54) is 6.07 Å². The van der Waals surface area contributed by atoms with Crippen molar-refractivity contribution >= 4 is 5.96 Å². The van der Waals surface area contributed by atoms with Gasteiger partial charge in [-0.2, -0.15) is 8.78 Å². The zero-order chi connectivity index (χ0) is 18.5. The standard InChI is InChI=1S/C17H28F2N4O2/c1-20-17(21-8-10-23(2)9-5-11-24-3)22-13-14-6-4-7-15(12-14)25-16(18)19/h4,6-7,12,16H,5,8-11,13H2,1-3H3,(H2,20,21,22). The van der Waals surface area contributed by atoms with Gasteiger partial charge in [0.25, 0.3) is 0 Å². The van der Waals surface area contributed by atoms with Crippen LogP contribution in [0.2, 0.25) is 0 Å². The number of guanidine groups is 1. The summed E-state index contributed by atoms with van der Waals surface area (Å²) in [6, 6.07) is 6.60. The van der Waals surface area contributed by atoms with Gasteiger partial charge in [-0.15, -0.1) is 0 Å². The van der Waals surface area contributed by atoms with Crippen LogP contribution in [0.1, 0.15) is 12.0 Å². The Kier molecular flexibility index (Phi) is 10.5. The first-order valence-corrected chi connectivity index (χ1v) is 8.21. The highest BCUT2D eigenvalue weighted by Crippen LogP contribution is 2.15. The molecule has 0 aliphatic carbocycles. The van der Waals surface area contributed by atoms with Gasteiger partial charge in [-0.3, -0.25) is 4.99 Å². The lowest BCUT2D eigenvalue weighted by molar-refractivity contribution is -0.0498. The first kappa shape index (κ1) is 21.1. The summed E-state index contributed by atoms with van der Waals surface area (Å²) in [4.78, 5) is 6.36. The van der Waals surface area contributed by atoms with Crippen LogP contribution in [0, 0.1) is 0 Å². The van der Waals surface area contributed by atoms with Crippen molar-refractivity contribution in [1.82, 2.24) is 15.5 Å². The molecule has 0 bridgehead atoms. The molecule has 0 saturated heterocycles. The first-order valence-electron chi connectivity index (χ1n) is 8.21. The molecule has 0 fully saturated rings. The number of aliphatic imine (C=N–C) groups is 1. The number of nitrogens with one attached hydrogen (secondary N) is 2. The maximum absolute atomic E-state index is 12.2. The Morgan fingerprint density at radius 1 is 1.28 bits per heavy atom. The van der Waals surface area contributed by atoms with E-state index in [1.54, 1.807) is 26.3 Å². The number of nitrogens with zero attached hydrogens (tertiary/aromatic N) is 2. The zero-order valence-corrected chi connectivity index (χ0v) is 15.1. The van der Waals surface area contributed by atoms with Crippen molar-refractivity contribution < 1.29 is 18.3 Å². The summed E-state index contributed by atoms with van der Waals surface area (Å²) in [5, 5.41) is 6.37. The summed E-state index contributed by atoms with van der Waals surface area (Å²) in [5.74, 6) is 0.806. The smallest absolute Gasteiger partial charge is 0.387 e. The number of benzene rings is 1. The molecule has 2 N–H and O–H groups in total. The molecule has 1 aromatic carbocycles. The van der Waals surface area contributed by atoms with Gasteiger partial charge >= 0.3 is 6.61 Å². The Balaban J connectivity index is 2.32. The molecule has 0 radical (unpaired) electrons. The van der Waals surface area contributed by atoms with Crippen LogP contribution in [-0.2, 0) is 11.3 Å². The minimum absolute atomic E-state index is 0.148. The van der Waals surface area contributed by atoms with Crippen molar-refractivity contribution in [3.05, 3.63) is 29.8 Å². The molecule has 0 unspecified atom stereocenters. The van der Waals surface area contributed by atoms with Gasteiger partial charge in [0, 0.05) is 46.9 Å². The monoisotopic (exact) mass is 358 g/mol. The number of rotatable bonds is 11. The Morgan fingerprint density at radius 2 is 2.08 bits per heavy atom. The highest BCUT2D eigenvalue weighted by atomic mass is 19.3. The third-order valence-corrected chi connectivity index (χ3v) is 3.48. The molecule has 0 heterocycles. The van der Waals surface area contributed by atoms with E-state index < -0.39 is 6.61 Å². The van der Waals surface area contributed by atoms with E-state index in [9.17, 15) is 8.78 Å². The normalized spacial score (nSPS) is 11.9. The first-order chi connectivity index (χ1) is 12.0. The SMILES string of the molecule is CN=C(NCCN(C)CCCOC)NCc1cccc(OC(F)F)c1. The molecule has 0 aromatic heterocycles. The van der Waals surface area contributed by atoms with Crippen molar-refractivity contribution in [3.8, 4) is 5.75 Å². The lowest BCUT2D eigenvalue weighted by Gasteiger charge is -2.18. The second kappa shape index (κ2) is 12.4. The lowest BCUT2D eigenvalue weighted by Crippen LogP contribution is -2.40. The van der Waals surface area contributed by atoms with Gasteiger partial charge in [0.15, 0.2) is 5.96 Å². The Bertz CT molecular complexity index is 515. The molecular formula is C17H28F2N4O2. The van der Waals surface area contributed by atoms with Crippen molar-refractivity contribution in [2.45, 2.75) is 19.6 Å². The van der Waals surface area contributed by atoms with Gasteiger partial charge in [-0.1, -0.05) is 12.1 Å². The summed E-state index contributed by atoms with van der Waals surface area (Å²) in [6.45, 7) is 0.996. The third kappa shape index (κ3) is 9.83. The second-order valence-corrected chi connectivity index (χ2v) is 5.53. The van der Waals surface area contributed by atoms with Gasteiger partial charge in [0.2, 0.25) is 0 Å².